The van der Waals surface area contributed by atoms with E-state index in [9.17, 15) is 5.11 Å². The molecule has 2 N–H and O–H groups in total. The van der Waals surface area contributed by atoms with Crippen molar-refractivity contribution in [2.75, 3.05) is 6.54 Å². The topological polar surface area (TPSA) is 32.3 Å². The van der Waals surface area contributed by atoms with Crippen LogP contribution in [-0.2, 0) is 6.54 Å². The number of hydrogen-bond acceptors (Lipinski definition) is 2. The van der Waals surface area contributed by atoms with Crippen molar-refractivity contribution >= 4 is 11.6 Å². The molecule has 0 bridgehead atoms. The maximum absolute atomic E-state index is 9.70. The molecule has 1 rings (SSSR count). The minimum absolute atomic E-state index is 0.189. The summed E-state index contributed by atoms with van der Waals surface area (Å²) >= 11 is 5.83. The van der Waals surface area contributed by atoms with Gasteiger partial charge in [0.2, 0.25) is 0 Å². The molecule has 1 aromatic carbocycles. The standard InChI is InChI=1S/C13H20ClNO/c1-9(2)10(3)7-15-8-11-5-4-6-12(14)13(11)16/h4-6,9-10,15-16H,7-8H2,1-3H3. The van der Waals surface area contributed by atoms with E-state index in [1.54, 1.807) is 6.07 Å². The van der Waals surface area contributed by atoms with Gasteiger partial charge in [0.15, 0.2) is 0 Å². The fourth-order valence-electron chi connectivity index (χ4n) is 1.37. The highest BCUT2D eigenvalue weighted by molar-refractivity contribution is 6.32. The Morgan fingerprint density at radius 1 is 1.31 bits per heavy atom. The molecular weight excluding hydrogens is 222 g/mol. The summed E-state index contributed by atoms with van der Waals surface area (Å²) in [5.41, 5.74) is 0.850. The SMILES string of the molecule is CC(C)C(C)CNCc1cccc(Cl)c1O. The molecule has 0 radical (unpaired) electrons. The molecule has 1 aromatic rings. The van der Waals surface area contributed by atoms with Crippen molar-refractivity contribution in [1.29, 1.82) is 0 Å². The van der Waals surface area contributed by atoms with Gasteiger partial charge in [0.1, 0.15) is 5.75 Å². The van der Waals surface area contributed by atoms with Crippen LogP contribution in [0.3, 0.4) is 0 Å². The second-order valence-corrected chi connectivity index (χ2v) is 5.01. The molecular formula is C13H20ClNO. The van der Waals surface area contributed by atoms with Gasteiger partial charge in [0.05, 0.1) is 5.02 Å². The number of halogens is 1. The molecule has 0 spiro atoms. The Balaban J connectivity index is 2.46. The van der Waals surface area contributed by atoms with Crippen LogP contribution in [0.1, 0.15) is 26.3 Å². The number of benzene rings is 1. The highest BCUT2D eigenvalue weighted by Gasteiger charge is 2.08. The van der Waals surface area contributed by atoms with E-state index in [2.05, 4.69) is 26.1 Å². The van der Waals surface area contributed by atoms with Gasteiger partial charge in [0, 0.05) is 12.1 Å². The fraction of sp³-hybridized carbons (Fsp3) is 0.538. The second-order valence-electron chi connectivity index (χ2n) is 4.60. The first-order valence-corrected chi connectivity index (χ1v) is 6.07. The van der Waals surface area contributed by atoms with Gasteiger partial charge in [-0.25, -0.2) is 0 Å². The molecule has 90 valence electrons. The van der Waals surface area contributed by atoms with Crippen LogP contribution in [-0.4, -0.2) is 11.7 Å². The Bertz CT molecular complexity index is 339. The maximum atomic E-state index is 9.70. The van der Waals surface area contributed by atoms with E-state index in [4.69, 9.17) is 11.6 Å². The van der Waals surface area contributed by atoms with E-state index in [0.717, 1.165) is 12.1 Å². The van der Waals surface area contributed by atoms with E-state index in [1.807, 2.05) is 12.1 Å². The minimum atomic E-state index is 0.189. The number of nitrogens with one attached hydrogen (secondary N) is 1. The highest BCUT2D eigenvalue weighted by Crippen LogP contribution is 2.26. The summed E-state index contributed by atoms with van der Waals surface area (Å²) in [4.78, 5) is 0. The van der Waals surface area contributed by atoms with Crippen LogP contribution in [0.15, 0.2) is 18.2 Å². The van der Waals surface area contributed by atoms with Gasteiger partial charge >= 0.3 is 0 Å². The van der Waals surface area contributed by atoms with Crippen molar-refractivity contribution in [3.63, 3.8) is 0 Å². The van der Waals surface area contributed by atoms with Crippen molar-refractivity contribution in [3.8, 4) is 5.75 Å². The molecule has 0 aliphatic carbocycles. The zero-order valence-corrected chi connectivity index (χ0v) is 10.9. The summed E-state index contributed by atoms with van der Waals surface area (Å²) in [7, 11) is 0. The molecule has 0 aliphatic rings. The smallest absolute Gasteiger partial charge is 0.138 e. The van der Waals surface area contributed by atoms with Gasteiger partial charge in [-0.05, 0) is 24.4 Å². The molecule has 1 atom stereocenters. The lowest BCUT2D eigenvalue weighted by atomic mass is 9.98. The quantitative estimate of drug-likeness (QED) is 0.828. The number of aromatic hydroxyl groups is 1. The molecule has 0 saturated carbocycles. The molecule has 0 saturated heterocycles. The third-order valence-corrected chi connectivity index (χ3v) is 3.30. The van der Waals surface area contributed by atoms with Crippen molar-refractivity contribution < 1.29 is 5.11 Å². The third-order valence-electron chi connectivity index (χ3n) is 2.99. The lowest BCUT2D eigenvalue weighted by Crippen LogP contribution is -2.23. The Morgan fingerprint density at radius 3 is 2.62 bits per heavy atom. The van der Waals surface area contributed by atoms with Gasteiger partial charge in [-0.2, -0.15) is 0 Å². The lowest BCUT2D eigenvalue weighted by molar-refractivity contribution is 0.389. The second kappa shape index (κ2) is 6.12. The van der Waals surface area contributed by atoms with E-state index in [-0.39, 0.29) is 5.75 Å². The van der Waals surface area contributed by atoms with Crippen LogP contribution in [0.2, 0.25) is 5.02 Å². The first-order chi connectivity index (χ1) is 7.52. The monoisotopic (exact) mass is 241 g/mol. The number of hydrogen-bond donors (Lipinski definition) is 2. The normalized spacial score (nSPS) is 13.1. The van der Waals surface area contributed by atoms with Crippen LogP contribution in [0, 0.1) is 11.8 Å². The summed E-state index contributed by atoms with van der Waals surface area (Å²) in [6.07, 6.45) is 0. The molecule has 16 heavy (non-hydrogen) atoms. The Labute approximate surface area is 103 Å². The van der Waals surface area contributed by atoms with Crippen molar-refractivity contribution in [2.45, 2.75) is 27.3 Å². The predicted molar refractivity (Wildman–Crippen MR) is 68.8 cm³/mol. The lowest BCUT2D eigenvalue weighted by Gasteiger charge is -2.16. The predicted octanol–water partition coefficient (Wildman–Crippen LogP) is 3.43. The Hall–Kier alpha value is -0.730. The summed E-state index contributed by atoms with van der Waals surface area (Å²) in [5, 5.41) is 13.4. The first-order valence-electron chi connectivity index (χ1n) is 5.69. The number of phenolic OH excluding ortho intramolecular Hbond substituents is 1. The van der Waals surface area contributed by atoms with Gasteiger partial charge in [-0.3, -0.25) is 0 Å². The van der Waals surface area contributed by atoms with Gasteiger partial charge < -0.3 is 10.4 Å². The molecule has 0 heterocycles. The van der Waals surface area contributed by atoms with E-state index in [0.29, 0.717) is 23.4 Å². The average Bonchev–Trinajstić information content (AvgIpc) is 2.24. The van der Waals surface area contributed by atoms with Gasteiger partial charge in [-0.1, -0.05) is 44.5 Å². The summed E-state index contributed by atoms with van der Waals surface area (Å²) in [5.74, 6) is 1.48. The third kappa shape index (κ3) is 3.69. The van der Waals surface area contributed by atoms with Crippen molar-refractivity contribution in [1.82, 2.24) is 5.32 Å². The van der Waals surface area contributed by atoms with E-state index < -0.39 is 0 Å². The molecule has 0 aliphatic heterocycles. The molecule has 0 amide bonds. The van der Waals surface area contributed by atoms with E-state index in [1.165, 1.54) is 0 Å². The van der Waals surface area contributed by atoms with Crippen LogP contribution in [0.4, 0.5) is 0 Å². The van der Waals surface area contributed by atoms with Crippen LogP contribution < -0.4 is 5.32 Å². The maximum Gasteiger partial charge on any atom is 0.138 e. The van der Waals surface area contributed by atoms with Crippen LogP contribution in [0.5, 0.6) is 5.75 Å². The first kappa shape index (κ1) is 13.3. The zero-order valence-electron chi connectivity index (χ0n) is 10.1. The van der Waals surface area contributed by atoms with Crippen LogP contribution >= 0.6 is 11.6 Å². The number of phenols is 1. The highest BCUT2D eigenvalue weighted by atomic mass is 35.5. The summed E-state index contributed by atoms with van der Waals surface area (Å²) < 4.78 is 0. The molecule has 1 unspecified atom stereocenters. The molecule has 3 heteroatoms. The summed E-state index contributed by atoms with van der Waals surface area (Å²) in [6, 6.07) is 5.43. The average molecular weight is 242 g/mol. The van der Waals surface area contributed by atoms with Crippen molar-refractivity contribution in [3.05, 3.63) is 28.8 Å². The fourth-order valence-corrected chi connectivity index (χ4v) is 1.57. The van der Waals surface area contributed by atoms with Crippen LogP contribution in [0.25, 0.3) is 0 Å². The minimum Gasteiger partial charge on any atom is -0.506 e. The Kier molecular flexibility index (Phi) is 5.10. The van der Waals surface area contributed by atoms with Crippen molar-refractivity contribution in [2.24, 2.45) is 11.8 Å². The number of para-hydroxylation sites is 1. The Morgan fingerprint density at radius 2 is 2.00 bits per heavy atom. The molecule has 2 nitrogen and oxygen atoms in total. The van der Waals surface area contributed by atoms with Gasteiger partial charge in [-0.15, -0.1) is 0 Å². The molecule has 0 aromatic heterocycles. The summed E-state index contributed by atoms with van der Waals surface area (Å²) in [6.45, 7) is 8.25. The largest absolute Gasteiger partial charge is 0.506 e. The zero-order chi connectivity index (χ0) is 12.1. The number of rotatable bonds is 5. The van der Waals surface area contributed by atoms with E-state index >= 15 is 0 Å². The van der Waals surface area contributed by atoms with Gasteiger partial charge in [0.25, 0.3) is 0 Å². The molecule has 0 fully saturated rings.